The second-order valence-electron chi connectivity index (χ2n) is 16.4. The molecular formula is C50H93NO5. The number of rotatable bonds is 43. The Morgan fingerprint density at radius 1 is 0.429 bits per heavy atom. The number of amides is 1. The fourth-order valence-electron chi connectivity index (χ4n) is 7.14. The molecule has 0 fully saturated rings. The highest BCUT2D eigenvalue weighted by Crippen LogP contribution is 2.15. The largest absolute Gasteiger partial charge is 0.394 e. The number of hydrogen-bond donors (Lipinski definition) is 5. The first-order valence-corrected chi connectivity index (χ1v) is 24.0. The van der Waals surface area contributed by atoms with Gasteiger partial charge in [-0.2, -0.15) is 0 Å². The van der Waals surface area contributed by atoms with Gasteiger partial charge in [0.05, 0.1) is 18.8 Å². The van der Waals surface area contributed by atoms with Crippen molar-refractivity contribution < 1.29 is 25.2 Å². The summed E-state index contributed by atoms with van der Waals surface area (Å²) in [6, 6.07) is -1.01. The predicted molar refractivity (Wildman–Crippen MR) is 242 cm³/mol. The number of unbranched alkanes of at least 4 members (excludes halogenated alkanes) is 26. The molecule has 4 atom stereocenters. The first-order chi connectivity index (χ1) is 27.5. The van der Waals surface area contributed by atoms with E-state index in [4.69, 9.17) is 0 Å². The molecule has 0 saturated heterocycles. The van der Waals surface area contributed by atoms with Crippen LogP contribution >= 0.6 is 0 Å². The minimum Gasteiger partial charge on any atom is -0.394 e. The van der Waals surface area contributed by atoms with Crippen molar-refractivity contribution >= 4 is 5.91 Å². The van der Waals surface area contributed by atoms with Gasteiger partial charge in [0.15, 0.2) is 0 Å². The van der Waals surface area contributed by atoms with Gasteiger partial charge in [-0.1, -0.05) is 191 Å². The van der Waals surface area contributed by atoms with Crippen molar-refractivity contribution in [1.29, 1.82) is 0 Å². The maximum absolute atomic E-state index is 12.5. The summed E-state index contributed by atoms with van der Waals surface area (Å²) >= 11 is 0. The molecule has 1 amide bonds. The molecule has 56 heavy (non-hydrogen) atoms. The number of aliphatic hydroxyl groups excluding tert-OH is 4. The lowest BCUT2D eigenvalue weighted by atomic mass is 10.00. The van der Waals surface area contributed by atoms with Crippen molar-refractivity contribution in [1.82, 2.24) is 5.32 Å². The SMILES string of the molecule is CCCCCCC/C=C/CC/C=C/CC/C=C/CCCC(O)C(O)C(CO)NC(=O)C(O)CCCCCCCC/C=C\CCCCCCCCCCCCCC. The Morgan fingerprint density at radius 2 is 0.750 bits per heavy atom. The Bertz CT molecular complexity index is 930. The van der Waals surface area contributed by atoms with E-state index in [0.717, 1.165) is 64.2 Å². The molecule has 0 aliphatic heterocycles. The molecule has 0 aliphatic rings. The van der Waals surface area contributed by atoms with E-state index in [2.05, 4.69) is 67.8 Å². The molecule has 0 bridgehead atoms. The average molecular weight is 788 g/mol. The van der Waals surface area contributed by atoms with Crippen LogP contribution in [0.2, 0.25) is 0 Å². The minimum atomic E-state index is -1.30. The van der Waals surface area contributed by atoms with Gasteiger partial charge in [-0.05, 0) is 89.9 Å². The number of aliphatic hydroxyl groups is 4. The fourth-order valence-corrected chi connectivity index (χ4v) is 7.14. The summed E-state index contributed by atoms with van der Waals surface area (Å²) in [4.78, 5) is 12.5. The maximum atomic E-state index is 12.5. The quantitative estimate of drug-likeness (QED) is 0.0312. The monoisotopic (exact) mass is 788 g/mol. The number of allylic oxidation sites excluding steroid dienone is 8. The standard InChI is InChI=1S/C50H93NO5/c1-3-5-7-9-11-13-15-17-19-21-23-24-25-26-28-30-32-34-36-38-40-42-44-48(54)50(56)51-46(45-52)49(55)47(53)43-41-39-37-35-33-31-29-27-22-20-18-16-14-12-10-8-6-4-2/h16,18,26-29,35,37,46-49,52-55H,3-15,17,19-25,30-34,36,38-45H2,1-2H3,(H,51,56)/b18-16+,28-26-,29-27+,37-35+. The van der Waals surface area contributed by atoms with Crippen molar-refractivity contribution in [3.63, 3.8) is 0 Å². The summed E-state index contributed by atoms with van der Waals surface area (Å²) in [7, 11) is 0. The second kappa shape index (κ2) is 44.4. The highest BCUT2D eigenvalue weighted by Gasteiger charge is 2.28. The van der Waals surface area contributed by atoms with Crippen LogP contribution in [0.3, 0.4) is 0 Å². The zero-order valence-electron chi connectivity index (χ0n) is 36.9. The van der Waals surface area contributed by atoms with Gasteiger partial charge in [0, 0.05) is 0 Å². The zero-order chi connectivity index (χ0) is 41.0. The number of carbonyl (C=O) groups excluding carboxylic acids is 1. The van der Waals surface area contributed by atoms with Crippen LogP contribution in [-0.2, 0) is 4.79 Å². The molecule has 6 nitrogen and oxygen atoms in total. The molecule has 0 saturated carbocycles. The molecule has 6 heteroatoms. The number of hydrogen-bond acceptors (Lipinski definition) is 5. The first-order valence-electron chi connectivity index (χ1n) is 24.0. The van der Waals surface area contributed by atoms with E-state index in [1.54, 1.807) is 0 Å². The van der Waals surface area contributed by atoms with Gasteiger partial charge in [-0.25, -0.2) is 0 Å². The molecule has 4 unspecified atom stereocenters. The van der Waals surface area contributed by atoms with E-state index in [1.165, 1.54) is 135 Å². The second-order valence-corrected chi connectivity index (χ2v) is 16.4. The van der Waals surface area contributed by atoms with Gasteiger partial charge >= 0.3 is 0 Å². The lowest BCUT2D eigenvalue weighted by Gasteiger charge is -2.27. The molecule has 0 rings (SSSR count). The van der Waals surface area contributed by atoms with Gasteiger partial charge in [0.25, 0.3) is 0 Å². The molecule has 0 aromatic rings. The van der Waals surface area contributed by atoms with E-state index < -0.39 is 36.9 Å². The minimum absolute atomic E-state index is 0.350. The third-order valence-electron chi connectivity index (χ3n) is 11.0. The Hall–Kier alpha value is -1.73. The molecule has 0 spiro atoms. The molecule has 328 valence electrons. The Balaban J connectivity index is 3.79. The zero-order valence-corrected chi connectivity index (χ0v) is 36.9. The lowest BCUT2D eigenvalue weighted by Crippen LogP contribution is -2.53. The van der Waals surface area contributed by atoms with Crippen molar-refractivity contribution in [3.8, 4) is 0 Å². The third kappa shape index (κ3) is 37.8. The molecular weight excluding hydrogens is 695 g/mol. The number of carbonyl (C=O) groups is 1. The average Bonchev–Trinajstić information content (AvgIpc) is 3.20. The molecule has 5 N–H and O–H groups in total. The van der Waals surface area contributed by atoms with E-state index in [9.17, 15) is 25.2 Å². The first kappa shape index (κ1) is 54.3. The highest BCUT2D eigenvalue weighted by molar-refractivity contribution is 5.80. The van der Waals surface area contributed by atoms with Crippen LogP contribution in [0.15, 0.2) is 48.6 Å². The fraction of sp³-hybridized carbons (Fsp3) is 0.820. The lowest BCUT2D eigenvalue weighted by molar-refractivity contribution is -0.132. The van der Waals surface area contributed by atoms with Gasteiger partial charge in [-0.3, -0.25) is 4.79 Å². The van der Waals surface area contributed by atoms with Crippen LogP contribution in [0.4, 0.5) is 0 Å². The van der Waals surface area contributed by atoms with Gasteiger partial charge in [0.2, 0.25) is 5.91 Å². The molecule has 0 heterocycles. The molecule has 0 radical (unpaired) electrons. The van der Waals surface area contributed by atoms with Crippen LogP contribution in [0.5, 0.6) is 0 Å². The van der Waals surface area contributed by atoms with E-state index >= 15 is 0 Å². The number of nitrogens with one attached hydrogen (secondary N) is 1. The van der Waals surface area contributed by atoms with Crippen molar-refractivity contribution in [2.24, 2.45) is 0 Å². The van der Waals surface area contributed by atoms with Gasteiger partial charge < -0.3 is 25.7 Å². The topological polar surface area (TPSA) is 110 Å². The summed E-state index contributed by atoms with van der Waals surface area (Å²) in [6.07, 6.45) is 54.3. The van der Waals surface area contributed by atoms with Crippen molar-refractivity contribution in [3.05, 3.63) is 48.6 Å². The Morgan fingerprint density at radius 3 is 1.12 bits per heavy atom. The summed E-state index contributed by atoms with van der Waals surface area (Å²) in [5, 5.41) is 43.7. The van der Waals surface area contributed by atoms with Gasteiger partial charge in [-0.15, -0.1) is 0 Å². The molecule has 0 aliphatic carbocycles. The van der Waals surface area contributed by atoms with E-state index in [0.29, 0.717) is 19.3 Å². The van der Waals surface area contributed by atoms with E-state index in [1.807, 2.05) is 0 Å². The maximum Gasteiger partial charge on any atom is 0.249 e. The Kier molecular flexibility index (Phi) is 43.0. The van der Waals surface area contributed by atoms with Crippen LogP contribution in [0, 0.1) is 0 Å². The molecule has 0 aromatic heterocycles. The third-order valence-corrected chi connectivity index (χ3v) is 11.0. The van der Waals surface area contributed by atoms with E-state index in [-0.39, 0.29) is 0 Å². The van der Waals surface area contributed by atoms with Crippen molar-refractivity contribution in [2.45, 2.75) is 257 Å². The summed E-state index contributed by atoms with van der Waals surface area (Å²) in [5.74, 6) is -0.604. The summed E-state index contributed by atoms with van der Waals surface area (Å²) in [6.45, 7) is 4.03. The van der Waals surface area contributed by atoms with Crippen LogP contribution in [-0.4, -0.2) is 57.3 Å². The van der Waals surface area contributed by atoms with Crippen molar-refractivity contribution in [2.75, 3.05) is 6.61 Å². The van der Waals surface area contributed by atoms with Crippen LogP contribution < -0.4 is 5.32 Å². The smallest absolute Gasteiger partial charge is 0.249 e. The normalized spacial score (nSPS) is 14.5. The summed E-state index contributed by atoms with van der Waals surface area (Å²) in [5.41, 5.74) is 0. The van der Waals surface area contributed by atoms with Gasteiger partial charge in [0.1, 0.15) is 12.2 Å². The predicted octanol–water partition coefficient (Wildman–Crippen LogP) is 13.1. The molecule has 0 aromatic carbocycles. The van der Waals surface area contributed by atoms with Crippen LogP contribution in [0.25, 0.3) is 0 Å². The Labute approximate surface area is 347 Å². The highest BCUT2D eigenvalue weighted by atomic mass is 16.3. The van der Waals surface area contributed by atoms with Crippen LogP contribution in [0.1, 0.15) is 232 Å². The summed E-state index contributed by atoms with van der Waals surface area (Å²) < 4.78 is 0.